The minimum Gasteiger partial charge on any atom is -0.345 e. The molecule has 0 unspecified atom stereocenters. The fourth-order valence-corrected chi connectivity index (χ4v) is 1.07. The fraction of sp³-hybridized carbons (Fsp3) is 0.556. The highest BCUT2D eigenvalue weighted by atomic mass is 35.5. The highest BCUT2D eigenvalue weighted by Crippen LogP contribution is 2.06. The number of carbonyl (C=O) groups excluding carboxylic acids is 1. The van der Waals surface area contributed by atoms with Gasteiger partial charge in [-0.25, -0.2) is 0 Å². The van der Waals surface area contributed by atoms with Crippen LogP contribution in [0.3, 0.4) is 0 Å². The molecule has 1 amide bonds. The summed E-state index contributed by atoms with van der Waals surface area (Å²) in [6.45, 7) is 3.74. The van der Waals surface area contributed by atoms with Crippen LogP contribution < -0.4 is 5.32 Å². The summed E-state index contributed by atoms with van der Waals surface area (Å²) in [6, 6.07) is 1.67. The van der Waals surface area contributed by atoms with Crippen molar-refractivity contribution >= 4 is 17.5 Å². The van der Waals surface area contributed by atoms with Crippen LogP contribution in [0.25, 0.3) is 0 Å². The lowest BCUT2D eigenvalue weighted by Crippen LogP contribution is -2.45. The first-order chi connectivity index (χ1) is 6.46. The van der Waals surface area contributed by atoms with Crippen molar-refractivity contribution in [1.82, 2.24) is 15.1 Å². The van der Waals surface area contributed by atoms with Crippen LogP contribution in [0.5, 0.6) is 0 Å². The molecule has 0 atom stereocenters. The van der Waals surface area contributed by atoms with Crippen LogP contribution >= 0.6 is 11.6 Å². The topological polar surface area (TPSA) is 46.9 Å². The molecule has 0 aliphatic heterocycles. The lowest BCUT2D eigenvalue weighted by Gasteiger charge is -2.23. The van der Waals surface area contributed by atoms with Gasteiger partial charge in [-0.2, -0.15) is 5.10 Å². The van der Waals surface area contributed by atoms with Crippen LogP contribution in [-0.4, -0.2) is 27.1 Å². The van der Waals surface area contributed by atoms with E-state index in [1.807, 2.05) is 13.8 Å². The Hall–Kier alpha value is -1.03. The molecular formula is C9H14ClN3O. The molecule has 0 spiro atoms. The maximum atomic E-state index is 11.7. The van der Waals surface area contributed by atoms with Gasteiger partial charge < -0.3 is 5.32 Å². The van der Waals surface area contributed by atoms with E-state index >= 15 is 0 Å². The summed E-state index contributed by atoms with van der Waals surface area (Å²) in [6.07, 6.45) is 1.59. The second-order valence-electron chi connectivity index (χ2n) is 3.81. The van der Waals surface area contributed by atoms with Crippen LogP contribution in [-0.2, 0) is 7.05 Å². The molecule has 0 saturated heterocycles. The molecular weight excluding hydrogens is 202 g/mol. The van der Waals surface area contributed by atoms with Gasteiger partial charge in [0.25, 0.3) is 5.91 Å². The molecule has 1 aromatic heterocycles. The van der Waals surface area contributed by atoms with E-state index in [2.05, 4.69) is 10.4 Å². The maximum Gasteiger partial charge on any atom is 0.269 e. The summed E-state index contributed by atoms with van der Waals surface area (Å²) < 4.78 is 1.53. The van der Waals surface area contributed by atoms with E-state index in [9.17, 15) is 4.79 Å². The second-order valence-corrected chi connectivity index (χ2v) is 4.08. The van der Waals surface area contributed by atoms with Crippen molar-refractivity contribution in [1.29, 1.82) is 0 Å². The van der Waals surface area contributed by atoms with Gasteiger partial charge in [-0.15, -0.1) is 11.6 Å². The zero-order valence-electron chi connectivity index (χ0n) is 8.54. The standard InChI is InChI=1S/C9H14ClN3O/c1-9(2,6-10)12-8(14)7-4-5-11-13(7)3/h4-5H,6H2,1-3H3,(H,12,14). The molecule has 0 saturated carbocycles. The highest BCUT2D eigenvalue weighted by Gasteiger charge is 2.21. The first-order valence-corrected chi connectivity index (χ1v) is 4.86. The SMILES string of the molecule is Cn1nccc1C(=O)NC(C)(C)CCl. The Morgan fingerprint density at radius 2 is 2.36 bits per heavy atom. The Bertz CT molecular complexity index is 333. The van der Waals surface area contributed by atoms with Gasteiger partial charge >= 0.3 is 0 Å². The van der Waals surface area contributed by atoms with Gasteiger partial charge in [-0.3, -0.25) is 9.48 Å². The lowest BCUT2D eigenvalue weighted by atomic mass is 10.1. The number of halogens is 1. The molecule has 78 valence electrons. The smallest absolute Gasteiger partial charge is 0.269 e. The van der Waals surface area contributed by atoms with E-state index in [1.165, 1.54) is 4.68 Å². The maximum absolute atomic E-state index is 11.7. The molecule has 0 fully saturated rings. The molecule has 5 heteroatoms. The molecule has 4 nitrogen and oxygen atoms in total. The zero-order chi connectivity index (χ0) is 10.8. The first kappa shape index (κ1) is 11.0. The van der Waals surface area contributed by atoms with Gasteiger partial charge in [-0.1, -0.05) is 0 Å². The van der Waals surface area contributed by atoms with E-state index in [4.69, 9.17) is 11.6 Å². The van der Waals surface area contributed by atoms with E-state index in [1.54, 1.807) is 19.3 Å². The third kappa shape index (κ3) is 2.48. The Kier molecular flexibility index (Phi) is 3.16. The van der Waals surface area contributed by atoms with Crippen molar-refractivity contribution in [3.63, 3.8) is 0 Å². The van der Waals surface area contributed by atoms with Crippen LogP contribution in [0.1, 0.15) is 24.3 Å². The Balaban J connectivity index is 2.73. The Morgan fingerprint density at radius 1 is 1.71 bits per heavy atom. The third-order valence-electron chi connectivity index (χ3n) is 1.84. The third-order valence-corrected chi connectivity index (χ3v) is 2.51. The number of nitrogens with zero attached hydrogens (tertiary/aromatic N) is 2. The van der Waals surface area contributed by atoms with Crippen LogP contribution in [0, 0.1) is 0 Å². The molecule has 0 aliphatic carbocycles. The minimum absolute atomic E-state index is 0.157. The predicted octanol–water partition coefficient (Wildman–Crippen LogP) is 1.17. The zero-order valence-corrected chi connectivity index (χ0v) is 9.30. The Labute approximate surface area is 88.2 Å². The van der Waals surface area contributed by atoms with E-state index < -0.39 is 5.54 Å². The number of aryl methyl sites for hydroxylation is 1. The minimum atomic E-state index is -0.400. The number of aromatic nitrogens is 2. The average Bonchev–Trinajstić information content (AvgIpc) is 2.51. The molecule has 14 heavy (non-hydrogen) atoms. The average molecular weight is 216 g/mol. The van der Waals surface area contributed by atoms with Crippen LogP contribution in [0.15, 0.2) is 12.3 Å². The van der Waals surface area contributed by atoms with E-state index in [0.29, 0.717) is 11.6 Å². The van der Waals surface area contributed by atoms with Gasteiger partial charge in [-0.05, 0) is 19.9 Å². The van der Waals surface area contributed by atoms with Crippen molar-refractivity contribution in [3.8, 4) is 0 Å². The molecule has 0 radical (unpaired) electrons. The molecule has 1 aromatic rings. The fourth-order valence-electron chi connectivity index (χ4n) is 1.00. The molecule has 0 aromatic carbocycles. The number of hydrogen-bond acceptors (Lipinski definition) is 2. The molecule has 0 aliphatic rings. The van der Waals surface area contributed by atoms with Crippen molar-refractivity contribution < 1.29 is 4.79 Å². The summed E-state index contributed by atoms with van der Waals surface area (Å²) >= 11 is 5.70. The predicted molar refractivity (Wildman–Crippen MR) is 55.5 cm³/mol. The largest absolute Gasteiger partial charge is 0.345 e. The molecule has 1 rings (SSSR count). The molecule has 1 heterocycles. The van der Waals surface area contributed by atoms with Crippen molar-refractivity contribution in [2.24, 2.45) is 7.05 Å². The van der Waals surface area contributed by atoms with Gasteiger partial charge in [0.15, 0.2) is 0 Å². The summed E-state index contributed by atoms with van der Waals surface area (Å²) in [5, 5.41) is 6.73. The second kappa shape index (κ2) is 4.00. The number of hydrogen-bond donors (Lipinski definition) is 1. The van der Waals surface area contributed by atoms with Crippen molar-refractivity contribution in [3.05, 3.63) is 18.0 Å². The molecule has 0 bridgehead atoms. The van der Waals surface area contributed by atoms with Gasteiger partial charge in [0, 0.05) is 24.7 Å². The van der Waals surface area contributed by atoms with E-state index in [0.717, 1.165) is 0 Å². The number of alkyl halides is 1. The number of rotatable bonds is 3. The van der Waals surface area contributed by atoms with Gasteiger partial charge in [0.1, 0.15) is 5.69 Å². The van der Waals surface area contributed by atoms with Crippen LogP contribution in [0.4, 0.5) is 0 Å². The summed E-state index contributed by atoms with van der Waals surface area (Å²) in [4.78, 5) is 11.7. The summed E-state index contributed by atoms with van der Waals surface area (Å²) in [5.41, 5.74) is 0.131. The first-order valence-electron chi connectivity index (χ1n) is 4.33. The van der Waals surface area contributed by atoms with Crippen molar-refractivity contribution in [2.75, 3.05) is 5.88 Å². The number of amides is 1. The summed E-state index contributed by atoms with van der Waals surface area (Å²) in [5.74, 6) is 0.215. The Morgan fingerprint density at radius 3 is 2.79 bits per heavy atom. The highest BCUT2D eigenvalue weighted by molar-refractivity contribution is 6.18. The number of nitrogens with one attached hydrogen (secondary N) is 1. The van der Waals surface area contributed by atoms with Crippen LogP contribution in [0.2, 0.25) is 0 Å². The monoisotopic (exact) mass is 215 g/mol. The van der Waals surface area contributed by atoms with Crippen molar-refractivity contribution in [2.45, 2.75) is 19.4 Å². The van der Waals surface area contributed by atoms with Gasteiger partial charge in [0.05, 0.1) is 0 Å². The van der Waals surface area contributed by atoms with E-state index in [-0.39, 0.29) is 5.91 Å². The normalized spacial score (nSPS) is 11.4. The van der Waals surface area contributed by atoms with Gasteiger partial charge in [0.2, 0.25) is 0 Å². The summed E-state index contributed by atoms with van der Waals surface area (Å²) in [7, 11) is 1.72. The lowest BCUT2D eigenvalue weighted by molar-refractivity contribution is 0.0911. The quantitative estimate of drug-likeness (QED) is 0.770. The number of carbonyl (C=O) groups is 1. The molecule has 1 N–H and O–H groups in total.